The molecule has 0 unspecified atom stereocenters. The van der Waals surface area contributed by atoms with Crippen LogP contribution in [0.25, 0.3) is 0 Å². The van der Waals surface area contributed by atoms with Crippen LogP contribution in [-0.2, 0) is 26.2 Å². The van der Waals surface area contributed by atoms with E-state index in [4.69, 9.17) is 23.2 Å². The summed E-state index contributed by atoms with van der Waals surface area (Å²) in [5.74, 6) is -1.69. The van der Waals surface area contributed by atoms with Gasteiger partial charge in [-0.3, -0.25) is 13.9 Å². The standard InChI is InChI=1S/C29H30Cl2FN3O4S/c1-20(29(37)33-23-10-5-6-11-23)34(18-21-8-7-9-22(30)16-21)28(36)19-35(24-14-15-27(32)26(31)17-24)40(38,39)25-12-3-2-4-13-25/h2-4,7-9,12-17,20,23H,5-6,10-11,18-19H2,1H3,(H,33,37)/t20-/m0/s1. The molecule has 1 saturated carbocycles. The van der Waals surface area contributed by atoms with Crippen molar-refractivity contribution in [3.63, 3.8) is 0 Å². The van der Waals surface area contributed by atoms with Crippen LogP contribution in [0.15, 0.2) is 77.7 Å². The monoisotopic (exact) mass is 605 g/mol. The molecule has 0 radical (unpaired) electrons. The Morgan fingerprint density at radius 2 is 1.70 bits per heavy atom. The van der Waals surface area contributed by atoms with Gasteiger partial charge < -0.3 is 10.2 Å². The highest BCUT2D eigenvalue weighted by atomic mass is 35.5. The minimum absolute atomic E-state index is 0.00867. The molecule has 0 saturated heterocycles. The first kappa shape index (κ1) is 29.8. The summed E-state index contributed by atoms with van der Waals surface area (Å²) in [4.78, 5) is 28.4. The maximum Gasteiger partial charge on any atom is 0.264 e. The minimum Gasteiger partial charge on any atom is -0.352 e. The molecule has 3 aromatic rings. The number of carbonyl (C=O) groups is 2. The van der Waals surface area contributed by atoms with Gasteiger partial charge >= 0.3 is 0 Å². The van der Waals surface area contributed by atoms with Crippen LogP contribution in [-0.4, -0.2) is 43.8 Å². The maximum atomic E-state index is 14.0. The fraction of sp³-hybridized carbons (Fsp3) is 0.310. The molecule has 1 N–H and O–H groups in total. The van der Waals surface area contributed by atoms with Crippen molar-refractivity contribution >= 4 is 50.7 Å². The molecule has 7 nitrogen and oxygen atoms in total. The van der Waals surface area contributed by atoms with Crippen molar-refractivity contribution in [1.82, 2.24) is 10.2 Å². The molecule has 11 heteroatoms. The number of halogens is 3. The summed E-state index contributed by atoms with van der Waals surface area (Å²) in [5.41, 5.74) is 0.679. The van der Waals surface area contributed by atoms with Crippen molar-refractivity contribution in [3.05, 3.63) is 94.2 Å². The predicted octanol–water partition coefficient (Wildman–Crippen LogP) is 5.80. The zero-order valence-corrected chi connectivity index (χ0v) is 24.2. The second-order valence-corrected chi connectivity index (χ2v) is 12.4. The van der Waals surface area contributed by atoms with E-state index in [1.807, 2.05) is 0 Å². The number of benzene rings is 3. The van der Waals surface area contributed by atoms with Gasteiger partial charge in [0, 0.05) is 17.6 Å². The van der Waals surface area contributed by atoms with Gasteiger partial charge in [-0.05, 0) is 67.8 Å². The van der Waals surface area contributed by atoms with Crippen molar-refractivity contribution in [2.24, 2.45) is 0 Å². The SMILES string of the molecule is C[C@@H](C(=O)NC1CCCC1)N(Cc1cccc(Cl)c1)C(=O)CN(c1ccc(F)c(Cl)c1)S(=O)(=O)c1ccccc1. The molecular weight excluding hydrogens is 576 g/mol. The third-order valence-corrected chi connectivity index (χ3v) is 9.22. The van der Waals surface area contributed by atoms with E-state index in [2.05, 4.69) is 5.32 Å². The number of sulfonamides is 1. The van der Waals surface area contributed by atoms with E-state index in [1.54, 1.807) is 49.4 Å². The van der Waals surface area contributed by atoms with Gasteiger partial charge in [-0.15, -0.1) is 0 Å². The Morgan fingerprint density at radius 1 is 1.00 bits per heavy atom. The maximum absolute atomic E-state index is 14.0. The summed E-state index contributed by atoms with van der Waals surface area (Å²) < 4.78 is 42.3. The molecule has 0 aromatic heterocycles. The molecule has 4 rings (SSSR count). The molecule has 0 aliphatic heterocycles. The molecule has 1 fully saturated rings. The summed E-state index contributed by atoms with van der Waals surface area (Å²) in [6, 6.07) is 17.0. The summed E-state index contributed by atoms with van der Waals surface area (Å²) in [6.45, 7) is 0.973. The van der Waals surface area contributed by atoms with Crippen molar-refractivity contribution < 1.29 is 22.4 Å². The number of amides is 2. The van der Waals surface area contributed by atoms with Gasteiger partial charge in [0.2, 0.25) is 11.8 Å². The minimum atomic E-state index is -4.27. The van der Waals surface area contributed by atoms with E-state index < -0.39 is 34.3 Å². The van der Waals surface area contributed by atoms with Gasteiger partial charge in [0.15, 0.2) is 0 Å². The molecule has 212 valence electrons. The van der Waals surface area contributed by atoms with Crippen LogP contribution in [0.1, 0.15) is 38.2 Å². The average Bonchev–Trinajstić information content (AvgIpc) is 3.45. The topological polar surface area (TPSA) is 86.8 Å². The van der Waals surface area contributed by atoms with E-state index in [0.29, 0.717) is 10.6 Å². The largest absolute Gasteiger partial charge is 0.352 e. The van der Waals surface area contributed by atoms with Gasteiger partial charge in [-0.1, -0.05) is 66.4 Å². The van der Waals surface area contributed by atoms with Crippen molar-refractivity contribution in [3.8, 4) is 0 Å². The fourth-order valence-electron chi connectivity index (χ4n) is 4.70. The van der Waals surface area contributed by atoms with Crippen LogP contribution in [0, 0.1) is 5.82 Å². The Morgan fingerprint density at radius 3 is 2.35 bits per heavy atom. The van der Waals surface area contributed by atoms with Gasteiger partial charge in [-0.25, -0.2) is 12.8 Å². The average molecular weight is 607 g/mol. The Bertz CT molecular complexity index is 1470. The third-order valence-electron chi connectivity index (χ3n) is 6.91. The number of carbonyl (C=O) groups excluding carboxylic acids is 2. The lowest BCUT2D eigenvalue weighted by atomic mass is 10.1. The number of rotatable bonds is 10. The number of nitrogens with zero attached hydrogens (tertiary/aromatic N) is 2. The van der Waals surface area contributed by atoms with Gasteiger partial charge in [0.05, 0.1) is 15.6 Å². The predicted molar refractivity (Wildman–Crippen MR) is 154 cm³/mol. The lowest BCUT2D eigenvalue weighted by molar-refractivity contribution is -0.139. The van der Waals surface area contributed by atoms with Gasteiger partial charge in [0.1, 0.15) is 18.4 Å². The highest BCUT2D eigenvalue weighted by Crippen LogP contribution is 2.28. The van der Waals surface area contributed by atoms with Crippen LogP contribution in [0.5, 0.6) is 0 Å². The van der Waals surface area contributed by atoms with Crippen LogP contribution in [0.3, 0.4) is 0 Å². The highest BCUT2D eigenvalue weighted by Gasteiger charge is 2.33. The first-order valence-corrected chi connectivity index (χ1v) is 15.1. The number of anilines is 1. The van der Waals surface area contributed by atoms with Crippen molar-refractivity contribution in [2.45, 2.75) is 56.1 Å². The summed E-state index contributed by atoms with van der Waals surface area (Å²) >= 11 is 12.2. The van der Waals surface area contributed by atoms with E-state index in [9.17, 15) is 22.4 Å². The second-order valence-electron chi connectivity index (χ2n) is 9.74. The van der Waals surface area contributed by atoms with E-state index in [0.717, 1.165) is 42.1 Å². The molecule has 0 bridgehead atoms. The Labute approximate surface area is 243 Å². The van der Waals surface area contributed by atoms with E-state index in [-0.39, 0.29) is 34.1 Å². The molecule has 1 atom stereocenters. The van der Waals surface area contributed by atoms with Crippen molar-refractivity contribution in [1.29, 1.82) is 0 Å². The first-order chi connectivity index (χ1) is 19.1. The summed E-state index contributed by atoms with van der Waals surface area (Å²) in [7, 11) is -4.27. The van der Waals surface area contributed by atoms with Gasteiger partial charge in [0.25, 0.3) is 10.0 Å². The van der Waals surface area contributed by atoms with Crippen LogP contribution >= 0.6 is 23.2 Å². The van der Waals surface area contributed by atoms with Gasteiger partial charge in [-0.2, -0.15) is 0 Å². The molecule has 0 spiro atoms. The Balaban J connectivity index is 1.69. The summed E-state index contributed by atoms with van der Waals surface area (Å²) in [5, 5.41) is 3.18. The first-order valence-electron chi connectivity index (χ1n) is 12.9. The van der Waals surface area contributed by atoms with Crippen LogP contribution < -0.4 is 9.62 Å². The zero-order chi connectivity index (χ0) is 28.9. The Hall–Kier alpha value is -3.14. The highest BCUT2D eigenvalue weighted by molar-refractivity contribution is 7.92. The normalized spacial score (nSPS) is 14.5. The third kappa shape index (κ3) is 7.13. The van der Waals surface area contributed by atoms with Crippen LogP contribution in [0.4, 0.5) is 10.1 Å². The molecule has 0 heterocycles. The van der Waals surface area contributed by atoms with E-state index >= 15 is 0 Å². The fourth-order valence-corrected chi connectivity index (χ4v) is 6.51. The van der Waals surface area contributed by atoms with Crippen LogP contribution in [0.2, 0.25) is 10.0 Å². The van der Waals surface area contributed by atoms with Crippen molar-refractivity contribution in [2.75, 3.05) is 10.8 Å². The molecule has 3 aromatic carbocycles. The lowest BCUT2D eigenvalue weighted by Crippen LogP contribution is -2.52. The number of nitrogens with one attached hydrogen (secondary N) is 1. The smallest absolute Gasteiger partial charge is 0.264 e. The Kier molecular flexibility index (Phi) is 9.71. The molecule has 40 heavy (non-hydrogen) atoms. The number of hydrogen-bond donors (Lipinski definition) is 1. The second kappa shape index (κ2) is 13.0. The number of hydrogen-bond acceptors (Lipinski definition) is 4. The summed E-state index contributed by atoms with van der Waals surface area (Å²) in [6.07, 6.45) is 3.79. The quantitative estimate of drug-likeness (QED) is 0.316. The molecule has 2 amide bonds. The lowest BCUT2D eigenvalue weighted by Gasteiger charge is -2.32. The molecular formula is C29H30Cl2FN3O4S. The zero-order valence-electron chi connectivity index (χ0n) is 21.9. The molecule has 1 aliphatic carbocycles. The molecule has 1 aliphatic rings. The van der Waals surface area contributed by atoms with E-state index in [1.165, 1.54) is 23.1 Å².